The van der Waals surface area contributed by atoms with Crippen molar-refractivity contribution in [1.29, 1.82) is 0 Å². The predicted octanol–water partition coefficient (Wildman–Crippen LogP) is 3.63. The number of thiol groups is 1. The van der Waals surface area contributed by atoms with Gasteiger partial charge in [-0.05, 0) is 6.42 Å². The van der Waals surface area contributed by atoms with Crippen LogP contribution in [-0.2, 0) is 14.3 Å². The van der Waals surface area contributed by atoms with Crippen molar-refractivity contribution in [2.45, 2.75) is 90.0 Å². The Hall–Kier alpha value is 0.450. The summed E-state index contributed by atoms with van der Waals surface area (Å²) in [6.45, 7) is 2.24. The van der Waals surface area contributed by atoms with E-state index in [4.69, 9.17) is 5.73 Å². The number of nitrogens with two attached hydrogens (primary N) is 1. The first-order valence-corrected chi connectivity index (χ1v) is 9.36. The Bertz CT molecular complexity index is 304. The molecule has 0 aromatic heterocycles. The first-order chi connectivity index (χ1) is 10.6. The summed E-state index contributed by atoms with van der Waals surface area (Å²) in [5, 5.41) is 0. The standard InChI is InChI=1S/C17H33NO3S.Na/c1-2-3-4-5-6-7-8-9-10-11-12-13-16(19)21-17(20)15(18)14-22;/h15,22H,2-14,18H2,1H3;/t15-;/m0./s1. The zero-order valence-corrected chi connectivity index (χ0v) is 17.9. The van der Waals surface area contributed by atoms with Crippen molar-refractivity contribution in [3.05, 3.63) is 0 Å². The Balaban J connectivity index is 0. The zero-order valence-electron chi connectivity index (χ0n) is 15.0. The summed E-state index contributed by atoms with van der Waals surface area (Å²) in [5.41, 5.74) is 5.42. The van der Waals surface area contributed by atoms with E-state index in [1.807, 2.05) is 0 Å². The second-order valence-electron chi connectivity index (χ2n) is 5.87. The number of hydrogen-bond donors (Lipinski definition) is 2. The molecule has 0 rings (SSSR count). The molecule has 0 aliphatic rings. The first-order valence-electron chi connectivity index (χ1n) is 8.72. The summed E-state index contributed by atoms with van der Waals surface area (Å²) < 4.78 is 4.64. The quantitative estimate of drug-likeness (QED) is 0.164. The number of ether oxygens (including phenoxy) is 1. The van der Waals surface area contributed by atoms with E-state index in [9.17, 15) is 9.59 Å². The van der Waals surface area contributed by atoms with E-state index in [0.717, 1.165) is 19.3 Å². The minimum atomic E-state index is -0.815. The smallest absolute Gasteiger partial charge is 0.331 e. The van der Waals surface area contributed by atoms with Gasteiger partial charge in [-0.15, -0.1) is 0 Å². The average Bonchev–Trinajstić information content (AvgIpc) is 2.51. The fourth-order valence-corrected chi connectivity index (χ4v) is 2.40. The van der Waals surface area contributed by atoms with Gasteiger partial charge in [0.05, 0.1) is 0 Å². The molecule has 0 aromatic carbocycles. The van der Waals surface area contributed by atoms with Crippen molar-refractivity contribution in [3.63, 3.8) is 0 Å². The van der Waals surface area contributed by atoms with Gasteiger partial charge in [0.15, 0.2) is 0 Å². The summed E-state index contributed by atoms with van der Waals surface area (Å²) in [5.74, 6) is -0.967. The van der Waals surface area contributed by atoms with Gasteiger partial charge in [-0.25, -0.2) is 4.79 Å². The van der Waals surface area contributed by atoms with Gasteiger partial charge in [0.25, 0.3) is 0 Å². The van der Waals surface area contributed by atoms with E-state index in [0.29, 0.717) is 6.42 Å². The molecule has 4 nitrogen and oxygen atoms in total. The second kappa shape index (κ2) is 18.8. The molecule has 0 bridgehead atoms. The molecule has 131 valence electrons. The van der Waals surface area contributed by atoms with E-state index in [1.54, 1.807) is 0 Å². The molecule has 0 aliphatic carbocycles. The van der Waals surface area contributed by atoms with Crippen LogP contribution < -0.4 is 5.73 Å². The zero-order chi connectivity index (χ0) is 16.6. The van der Waals surface area contributed by atoms with Crippen molar-refractivity contribution in [2.24, 2.45) is 5.73 Å². The van der Waals surface area contributed by atoms with Gasteiger partial charge in [0.2, 0.25) is 0 Å². The molecular formula is C17H33NNaO3S. The number of carbonyl (C=O) groups excluding carboxylic acids is 2. The van der Waals surface area contributed by atoms with E-state index >= 15 is 0 Å². The van der Waals surface area contributed by atoms with E-state index in [2.05, 4.69) is 24.3 Å². The molecule has 0 spiro atoms. The Labute approximate surface area is 169 Å². The molecule has 0 saturated carbocycles. The van der Waals surface area contributed by atoms with Gasteiger partial charge >= 0.3 is 11.9 Å². The molecule has 0 aliphatic heterocycles. The third kappa shape index (κ3) is 17.1. The molecule has 2 N–H and O–H groups in total. The van der Waals surface area contributed by atoms with Crippen LogP contribution in [0.4, 0.5) is 0 Å². The van der Waals surface area contributed by atoms with Gasteiger partial charge in [-0.3, -0.25) is 4.79 Å². The van der Waals surface area contributed by atoms with Crippen molar-refractivity contribution in [2.75, 3.05) is 5.75 Å². The van der Waals surface area contributed by atoms with Crippen LogP contribution in [0, 0.1) is 0 Å². The molecule has 0 aromatic rings. The third-order valence-corrected chi connectivity index (χ3v) is 4.09. The van der Waals surface area contributed by atoms with Crippen LogP contribution in [0.25, 0.3) is 0 Å². The van der Waals surface area contributed by atoms with E-state index in [1.165, 1.54) is 51.4 Å². The first kappa shape index (κ1) is 25.7. The molecule has 0 saturated heterocycles. The minimum Gasteiger partial charge on any atom is -0.392 e. The Kier molecular flexibility index (Phi) is 21.0. The molecule has 0 fully saturated rings. The molecule has 1 radical (unpaired) electrons. The van der Waals surface area contributed by atoms with E-state index < -0.39 is 18.0 Å². The largest absolute Gasteiger partial charge is 0.392 e. The molecule has 0 amide bonds. The fraction of sp³-hybridized carbons (Fsp3) is 0.882. The minimum absolute atomic E-state index is 0. The fourth-order valence-electron chi connectivity index (χ4n) is 2.25. The SMILES string of the molecule is CCCCCCCCCCCCCC(=O)OC(=O)[C@@H](N)CS.[Na]. The van der Waals surface area contributed by atoms with Gasteiger partial charge in [-0.2, -0.15) is 12.6 Å². The number of hydrogen-bond acceptors (Lipinski definition) is 5. The van der Waals surface area contributed by atoms with Crippen molar-refractivity contribution in [1.82, 2.24) is 0 Å². The van der Waals surface area contributed by atoms with Gasteiger partial charge in [0, 0.05) is 41.7 Å². The van der Waals surface area contributed by atoms with Crippen molar-refractivity contribution < 1.29 is 14.3 Å². The Morgan fingerprint density at radius 2 is 1.35 bits per heavy atom. The summed E-state index contributed by atoms with van der Waals surface area (Å²) in [4.78, 5) is 22.7. The normalized spacial score (nSPS) is 11.6. The summed E-state index contributed by atoms with van der Waals surface area (Å²) in [6, 6.07) is -0.815. The summed E-state index contributed by atoms with van der Waals surface area (Å²) >= 11 is 3.89. The number of carbonyl (C=O) groups is 2. The number of unbranched alkanes of at least 4 members (excludes halogenated alkanes) is 10. The second-order valence-corrected chi connectivity index (χ2v) is 6.23. The molecule has 23 heavy (non-hydrogen) atoms. The van der Waals surface area contributed by atoms with E-state index in [-0.39, 0.29) is 35.3 Å². The maximum atomic E-state index is 11.4. The van der Waals surface area contributed by atoms with Gasteiger partial charge in [0.1, 0.15) is 6.04 Å². The Morgan fingerprint density at radius 1 is 0.913 bits per heavy atom. The Morgan fingerprint density at radius 3 is 1.78 bits per heavy atom. The molecular weight excluding hydrogens is 321 g/mol. The van der Waals surface area contributed by atoms with Crippen LogP contribution in [0.15, 0.2) is 0 Å². The van der Waals surface area contributed by atoms with Crippen molar-refractivity contribution in [3.8, 4) is 0 Å². The summed E-state index contributed by atoms with van der Waals surface area (Å²) in [7, 11) is 0. The predicted molar refractivity (Wildman–Crippen MR) is 99.8 cm³/mol. The maximum absolute atomic E-state index is 11.4. The summed E-state index contributed by atoms with van der Waals surface area (Å²) in [6.07, 6.45) is 13.8. The van der Waals surface area contributed by atoms with Gasteiger partial charge in [-0.1, -0.05) is 71.1 Å². The maximum Gasteiger partial charge on any atom is 0.331 e. The number of rotatable bonds is 14. The van der Waals surface area contributed by atoms with Crippen LogP contribution in [-0.4, -0.2) is 53.3 Å². The molecule has 1 atom stereocenters. The van der Waals surface area contributed by atoms with Crippen LogP contribution in [0.1, 0.15) is 84.0 Å². The topological polar surface area (TPSA) is 69.4 Å². The third-order valence-electron chi connectivity index (χ3n) is 3.70. The number of esters is 2. The molecule has 0 unspecified atom stereocenters. The van der Waals surface area contributed by atoms with Gasteiger partial charge < -0.3 is 10.5 Å². The molecule has 6 heteroatoms. The van der Waals surface area contributed by atoms with Crippen LogP contribution in [0.5, 0.6) is 0 Å². The van der Waals surface area contributed by atoms with Crippen LogP contribution in [0.2, 0.25) is 0 Å². The molecule has 0 heterocycles. The average molecular weight is 355 g/mol. The monoisotopic (exact) mass is 354 g/mol. The van der Waals surface area contributed by atoms with Crippen molar-refractivity contribution >= 4 is 54.1 Å². The van der Waals surface area contributed by atoms with Crippen LogP contribution in [0.3, 0.4) is 0 Å². The van der Waals surface area contributed by atoms with Crippen LogP contribution >= 0.6 is 12.6 Å².